The summed E-state index contributed by atoms with van der Waals surface area (Å²) < 4.78 is 27.4. The Morgan fingerprint density at radius 3 is 2.35 bits per heavy atom. The van der Waals surface area contributed by atoms with Crippen LogP contribution in [0.1, 0.15) is 33.6 Å². The molecule has 1 aromatic heterocycles. The fourth-order valence-corrected chi connectivity index (χ4v) is 5.97. The van der Waals surface area contributed by atoms with Gasteiger partial charge in [0.1, 0.15) is 5.01 Å². The second-order valence-corrected chi connectivity index (χ2v) is 10.9. The van der Waals surface area contributed by atoms with Crippen LogP contribution < -0.4 is 5.32 Å². The van der Waals surface area contributed by atoms with Crippen molar-refractivity contribution in [2.75, 3.05) is 18.4 Å². The summed E-state index contributed by atoms with van der Waals surface area (Å²) >= 11 is 12.9. The van der Waals surface area contributed by atoms with E-state index in [9.17, 15) is 13.2 Å². The zero-order chi connectivity index (χ0) is 22.0. The molecule has 1 aliphatic rings. The summed E-state index contributed by atoms with van der Waals surface area (Å²) in [5.74, 6) is -0.488. The number of piperidine rings is 1. The summed E-state index contributed by atoms with van der Waals surface area (Å²) in [5, 5.41) is 12.9. The van der Waals surface area contributed by atoms with Gasteiger partial charge < -0.3 is 5.32 Å². The molecule has 2 heterocycles. The highest BCUT2D eigenvalue weighted by molar-refractivity contribution is 7.89. The zero-order valence-electron chi connectivity index (χ0n) is 16.2. The van der Waals surface area contributed by atoms with Gasteiger partial charge in [-0.1, -0.05) is 34.5 Å². The molecule has 162 valence electrons. The molecule has 1 fully saturated rings. The molecular formula is C20H18Cl2N4O3S2. The molecule has 1 atom stereocenters. The Labute approximate surface area is 194 Å². The van der Waals surface area contributed by atoms with Gasteiger partial charge in [0.05, 0.1) is 4.90 Å². The molecule has 1 saturated heterocycles. The molecule has 0 spiro atoms. The van der Waals surface area contributed by atoms with E-state index in [4.69, 9.17) is 23.2 Å². The standard InChI is InChI=1S/C20H18Cl2N4O3S2/c21-14-3-7-16(8-4-14)23-18(27)20-25-24-19(30-20)13-2-1-11-26(12-13)31(28,29)17-9-5-15(22)6-10-17/h3-10,13H,1-2,11-12H2,(H,23,27)/t13-/m0/s1. The molecular weight excluding hydrogens is 479 g/mol. The van der Waals surface area contributed by atoms with Crippen LogP contribution in [0.3, 0.4) is 0 Å². The molecule has 1 amide bonds. The lowest BCUT2D eigenvalue weighted by molar-refractivity contribution is 0.102. The minimum atomic E-state index is -3.63. The first-order chi connectivity index (χ1) is 14.8. The number of nitrogens with one attached hydrogen (secondary N) is 1. The van der Waals surface area contributed by atoms with Crippen molar-refractivity contribution in [3.8, 4) is 0 Å². The van der Waals surface area contributed by atoms with E-state index in [1.54, 1.807) is 36.4 Å². The van der Waals surface area contributed by atoms with E-state index in [1.165, 1.54) is 27.8 Å². The molecule has 0 bridgehead atoms. The van der Waals surface area contributed by atoms with E-state index >= 15 is 0 Å². The van der Waals surface area contributed by atoms with Crippen molar-refractivity contribution in [3.63, 3.8) is 0 Å². The third-order valence-electron chi connectivity index (χ3n) is 4.92. The lowest BCUT2D eigenvalue weighted by Gasteiger charge is -2.30. The van der Waals surface area contributed by atoms with Crippen LogP contribution in [-0.4, -0.2) is 41.9 Å². The van der Waals surface area contributed by atoms with Crippen LogP contribution in [0.25, 0.3) is 0 Å². The molecule has 1 aliphatic heterocycles. The lowest BCUT2D eigenvalue weighted by atomic mass is 10.0. The first-order valence-electron chi connectivity index (χ1n) is 9.49. The van der Waals surface area contributed by atoms with Crippen LogP contribution in [0, 0.1) is 0 Å². The highest BCUT2D eigenvalue weighted by atomic mass is 35.5. The molecule has 11 heteroatoms. The smallest absolute Gasteiger partial charge is 0.286 e. The molecule has 2 aromatic carbocycles. The van der Waals surface area contributed by atoms with Gasteiger partial charge in [-0.15, -0.1) is 10.2 Å². The van der Waals surface area contributed by atoms with Gasteiger partial charge in [0.25, 0.3) is 5.91 Å². The molecule has 1 N–H and O–H groups in total. The summed E-state index contributed by atoms with van der Waals surface area (Å²) in [6.45, 7) is 0.725. The van der Waals surface area contributed by atoms with Gasteiger partial charge in [0.2, 0.25) is 15.0 Å². The Morgan fingerprint density at radius 2 is 1.68 bits per heavy atom. The van der Waals surface area contributed by atoms with E-state index < -0.39 is 10.0 Å². The number of hydrogen-bond acceptors (Lipinski definition) is 6. The van der Waals surface area contributed by atoms with Gasteiger partial charge in [-0.05, 0) is 61.4 Å². The van der Waals surface area contributed by atoms with Gasteiger partial charge >= 0.3 is 0 Å². The number of carbonyl (C=O) groups is 1. The second kappa shape index (κ2) is 9.22. The van der Waals surface area contributed by atoms with Crippen molar-refractivity contribution in [3.05, 3.63) is 68.6 Å². The number of aromatic nitrogens is 2. The number of amides is 1. The van der Waals surface area contributed by atoms with Crippen molar-refractivity contribution < 1.29 is 13.2 Å². The van der Waals surface area contributed by atoms with Crippen LogP contribution in [0.2, 0.25) is 10.0 Å². The highest BCUT2D eigenvalue weighted by Crippen LogP contribution is 2.32. The van der Waals surface area contributed by atoms with Crippen LogP contribution in [-0.2, 0) is 10.0 Å². The summed E-state index contributed by atoms with van der Waals surface area (Å²) in [7, 11) is -3.63. The van der Waals surface area contributed by atoms with E-state index in [0.717, 1.165) is 6.42 Å². The maximum atomic E-state index is 13.0. The van der Waals surface area contributed by atoms with Gasteiger partial charge in [-0.3, -0.25) is 4.79 Å². The molecule has 7 nitrogen and oxygen atoms in total. The normalized spacial score (nSPS) is 17.4. The molecule has 0 unspecified atom stereocenters. The summed E-state index contributed by atoms with van der Waals surface area (Å²) in [4.78, 5) is 12.7. The number of halogens is 2. The van der Waals surface area contributed by atoms with Crippen LogP contribution in [0.4, 0.5) is 5.69 Å². The lowest BCUT2D eigenvalue weighted by Crippen LogP contribution is -2.39. The van der Waals surface area contributed by atoms with Crippen LogP contribution in [0.15, 0.2) is 53.4 Å². The van der Waals surface area contributed by atoms with Crippen LogP contribution >= 0.6 is 34.5 Å². The number of anilines is 1. The Bertz CT molecular complexity index is 1180. The minimum Gasteiger partial charge on any atom is -0.320 e. The van der Waals surface area contributed by atoms with Gasteiger partial charge in [0.15, 0.2) is 0 Å². The Morgan fingerprint density at radius 1 is 1.03 bits per heavy atom. The summed E-state index contributed by atoms with van der Waals surface area (Å²) in [6.07, 6.45) is 1.48. The molecule has 4 rings (SSSR count). The largest absolute Gasteiger partial charge is 0.320 e. The molecule has 31 heavy (non-hydrogen) atoms. The number of nitrogens with zero attached hydrogens (tertiary/aromatic N) is 3. The Hall–Kier alpha value is -2.04. The van der Waals surface area contributed by atoms with Crippen molar-refractivity contribution in [1.82, 2.24) is 14.5 Å². The summed E-state index contributed by atoms with van der Waals surface area (Å²) in [5.41, 5.74) is 0.601. The fraction of sp³-hybridized carbons (Fsp3) is 0.250. The average Bonchev–Trinajstić information content (AvgIpc) is 3.26. The second-order valence-electron chi connectivity index (χ2n) is 7.06. The topological polar surface area (TPSA) is 92.3 Å². The van der Waals surface area contributed by atoms with Gasteiger partial charge in [0, 0.05) is 34.7 Å². The van der Waals surface area contributed by atoms with E-state index in [1.807, 2.05) is 0 Å². The number of hydrogen-bond donors (Lipinski definition) is 1. The fourth-order valence-electron chi connectivity index (χ4n) is 3.33. The monoisotopic (exact) mass is 496 g/mol. The average molecular weight is 497 g/mol. The first kappa shape index (κ1) is 22.2. The van der Waals surface area contributed by atoms with Crippen molar-refractivity contribution in [1.29, 1.82) is 0 Å². The zero-order valence-corrected chi connectivity index (χ0v) is 19.3. The number of sulfonamides is 1. The number of benzene rings is 2. The van der Waals surface area contributed by atoms with Crippen molar-refractivity contribution in [2.45, 2.75) is 23.7 Å². The molecule has 0 radical (unpaired) electrons. The van der Waals surface area contributed by atoms with E-state index in [2.05, 4.69) is 15.5 Å². The Balaban J connectivity index is 1.46. The summed E-state index contributed by atoms with van der Waals surface area (Å²) in [6, 6.07) is 12.9. The predicted octanol–water partition coefficient (Wildman–Crippen LogP) is 4.67. The third-order valence-corrected chi connectivity index (χ3v) is 8.39. The number of rotatable bonds is 5. The molecule has 3 aromatic rings. The molecule has 0 saturated carbocycles. The predicted molar refractivity (Wildman–Crippen MR) is 122 cm³/mol. The number of carbonyl (C=O) groups excluding carboxylic acids is 1. The highest BCUT2D eigenvalue weighted by Gasteiger charge is 2.32. The Kier molecular flexibility index (Phi) is 6.59. The van der Waals surface area contributed by atoms with Gasteiger partial charge in [-0.25, -0.2) is 8.42 Å². The first-order valence-corrected chi connectivity index (χ1v) is 12.5. The van der Waals surface area contributed by atoms with E-state index in [-0.39, 0.29) is 21.7 Å². The van der Waals surface area contributed by atoms with Crippen molar-refractivity contribution >= 4 is 56.2 Å². The van der Waals surface area contributed by atoms with Crippen LogP contribution in [0.5, 0.6) is 0 Å². The maximum Gasteiger partial charge on any atom is 0.286 e. The molecule has 0 aliphatic carbocycles. The quantitative estimate of drug-likeness (QED) is 0.554. The minimum absolute atomic E-state index is 0.120. The van der Waals surface area contributed by atoms with Gasteiger partial charge in [-0.2, -0.15) is 4.31 Å². The SMILES string of the molecule is O=C(Nc1ccc(Cl)cc1)c1nnc([C@H]2CCCN(S(=O)(=O)c3ccc(Cl)cc3)C2)s1. The van der Waals surface area contributed by atoms with E-state index in [0.29, 0.717) is 40.3 Å². The maximum absolute atomic E-state index is 13.0. The van der Waals surface area contributed by atoms with Crippen molar-refractivity contribution in [2.24, 2.45) is 0 Å². The third kappa shape index (κ3) is 5.07.